The molecule has 3 rings (SSSR count). The van der Waals surface area contributed by atoms with Gasteiger partial charge in [-0.3, -0.25) is 9.59 Å². The van der Waals surface area contributed by atoms with E-state index in [1.165, 1.54) is 0 Å². The summed E-state index contributed by atoms with van der Waals surface area (Å²) in [6.07, 6.45) is 1.62. The van der Waals surface area contributed by atoms with Crippen LogP contribution < -0.4 is 4.74 Å². The van der Waals surface area contributed by atoms with Crippen molar-refractivity contribution in [1.29, 1.82) is 0 Å². The largest absolute Gasteiger partial charge is 0.507 e. The summed E-state index contributed by atoms with van der Waals surface area (Å²) in [5, 5.41) is 11.3. The van der Waals surface area contributed by atoms with E-state index in [1.54, 1.807) is 17.0 Å². The molecule has 6 nitrogen and oxygen atoms in total. The van der Waals surface area contributed by atoms with Crippen molar-refractivity contribution < 1.29 is 19.4 Å². The van der Waals surface area contributed by atoms with Gasteiger partial charge in [-0.05, 0) is 76.7 Å². The van der Waals surface area contributed by atoms with Crippen molar-refractivity contribution in [3.63, 3.8) is 0 Å². The van der Waals surface area contributed by atoms with Crippen molar-refractivity contribution in [2.24, 2.45) is 0 Å². The van der Waals surface area contributed by atoms with E-state index in [0.29, 0.717) is 24.5 Å². The Kier molecular flexibility index (Phi) is 7.92. The summed E-state index contributed by atoms with van der Waals surface area (Å²) in [6.45, 7) is 7.72. The minimum Gasteiger partial charge on any atom is -0.507 e. The Morgan fingerprint density at radius 2 is 1.79 bits per heavy atom. The lowest BCUT2D eigenvalue weighted by molar-refractivity contribution is -0.139. The van der Waals surface area contributed by atoms with Crippen LogP contribution in [-0.2, 0) is 9.59 Å². The molecule has 0 aliphatic carbocycles. The van der Waals surface area contributed by atoms with Crippen LogP contribution in [0.3, 0.4) is 0 Å². The van der Waals surface area contributed by atoms with Crippen LogP contribution in [0, 0.1) is 13.8 Å². The number of aliphatic hydroxyl groups is 1. The number of nitrogens with zero attached hydrogens (tertiary/aromatic N) is 2. The highest BCUT2D eigenvalue weighted by atomic mass is 16.5. The molecule has 1 aliphatic rings. The number of ketones is 1. The highest BCUT2D eigenvalue weighted by Gasteiger charge is 2.45. The average Bonchev–Trinajstić information content (AvgIpc) is 3.02. The van der Waals surface area contributed by atoms with Gasteiger partial charge in [0.2, 0.25) is 0 Å². The molecule has 0 aromatic heterocycles. The summed E-state index contributed by atoms with van der Waals surface area (Å²) in [7, 11) is 3.95. The first-order valence-corrected chi connectivity index (χ1v) is 11.5. The highest BCUT2D eigenvalue weighted by Crippen LogP contribution is 2.40. The maximum absolute atomic E-state index is 13.2. The van der Waals surface area contributed by atoms with Gasteiger partial charge in [0.05, 0.1) is 18.2 Å². The van der Waals surface area contributed by atoms with Crippen LogP contribution in [-0.4, -0.2) is 60.4 Å². The number of amides is 1. The zero-order valence-electron chi connectivity index (χ0n) is 20.2. The van der Waals surface area contributed by atoms with Gasteiger partial charge in [0, 0.05) is 12.1 Å². The summed E-state index contributed by atoms with van der Waals surface area (Å²) >= 11 is 0. The Morgan fingerprint density at radius 1 is 1.09 bits per heavy atom. The standard InChI is InChI=1S/C27H34N2O4/c1-6-16-33-21-12-13-22(19(3)17-21)25(30)23-24(20-10-8-18(2)9-11-20)29(27(32)26(23)31)15-7-14-28(4)5/h8-13,17,24,30H,6-7,14-16H2,1-5H3. The van der Waals surface area contributed by atoms with Crippen molar-refractivity contribution >= 4 is 17.4 Å². The van der Waals surface area contributed by atoms with Crippen LogP contribution in [0.5, 0.6) is 5.75 Å². The first-order chi connectivity index (χ1) is 15.7. The fourth-order valence-electron chi connectivity index (χ4n) is 4.12. The second-order valence-electron chi connectivity index (χ2n) is 8.89. The minimum absolute atomic E-state index is 0.138. The molecule has 1 aliphatic heterocycles. The second-order valence-corrected chi connectivity index (χ2v) is 8.89. The predicted molar refractivity (Wildman–Crippen MR) is 130 cm³/mol. The molecule has 33 heavy (non-hydrogen) atoms. The molecule has 0 radical (unpaired) electrons. The molecule has 176 valence electrons. The quantitative estimate of drug-likeness (QED) is 0.347. The number of likely N-dealkylation sites (tertiary alicyclic amines) is 1. The molecule has 1 fully saturated rings. The van der Waals surface area contributed by atoms with Gasteiger partial charge in [-0.2, -0.15) is 0 Å². The van der Waals surface area contributed by atoms with Gasteiger partial charge in [-0.1, -0.05) is 36.8 Å². The molecule has 1 N–H and O–H groups in total. The number of aliphatic hydroxyl groups excluding tert-OH is 1. The predicted octanol–water partition coefficient (Wildman–Crippen LogP) is 4.47. The lowest BCUT2D eigenvalue weighted by atomic mass is 9.93. The normalized spacial score (nSPS) is 17.8. The van der Waals surface area contributed by atoms with E-state index in [9.17, 15) is 14.7 Å². The molecule has 1 amide bonds. The van der Waals surface area contributed by atoms with Crippen LogP contribution in [0.15, 0.2) is 48.0 Å². The Balaban J connectivity index is 2.06. The van der Waals surface area contributed by atoms with E-state index in [-0.39, 0.29) is 11.3 Å². The Hall–Kier alpha value is -3.12. The van der Waals surface area contributed by atoms with Crippen LogP contribution in [0.2, 0.25) is 0 Å². The molecule has 1 atom stereocenters. The van der Waals surface area contributed by atoms with Crippen molar-refractivity contribution in [2.75, 3.05) is 33.8 Å². The maximum Gasteiger partial charge on any atom is 0.295 e. The number of ether oxygens (including phenoxy) is 1. The van der Waals surface area contributed by atoms with Gasteiger partial charge in [0.15, 0.2) is 0 Å². The van der Waals surface area contributed by atoms with E-state index in [2.05, 4.69) is 0 Å². The van der Waals surface area contributed by atoms with Crippen molar-refractivity contribution in [2.45, 2.75) is 39.7 Å². The Labute approximate surface area is 196 Å². The lowest BCUT2D eigenvalue weighted by Gasteiger charge is -2.26. The number of benzene rings is 2. The summed E-state index contributed by atoms with van der Waals surface area (Å²) in [4.78, 5) is 29.8. The molecule has 0 saturated carbocycles. The number of Topliss-reactive ketones (excluding diaryl/α,β-unsaturated/α-hetero) is 1. The van der Waals surface area contributed by atoms with Crippen LogP contribution in [0.4, 0.5) is 0 Å². The van der Waals surface area contributed by atoms with Gasteiger partial charge in [-0.15, -0.1) is 0 Å². The molecule has 0 spiro atoms. The summed E-state index contributed by atoms with van der Waals surface area (Å²) in [6, 6.07) is 12.5. The zero-order valence-corrected chi connectivity index (χ0v) is 20.2. The third-order valence-corrected chi connectivity index (χ3v) is 5.86. The van der Waals surface area contributed by atoms with Crippen molar-refractivity contribution in [3.8, 4) is 5.75 Å². The van der Waals surface area contributed by atoms with E-state index in [4.69, 9.17) is 4.74 Å². The average molecular weight is 451 g/mol. The molecular formula is C27H34N2O4. The highest BCUT2D eigenvalue weighted by molar-refractivity contribution is 6.46. The fraction of sp³-hybridized carbons (Fsp3) is 0.407. The monoisotopic (exact) mass is 450 g/mol. The van der Waals surface area contributed by atoms with E-state index in [0.717, 1.165) is 36.1 Å². The van der Waals surface area contributed by atoms with Crippen molar-refractivity contribution in [1.82, 2.24) is 9.80 Å². The third-order valence-electron chi connectivity index (χ3n) is 5.86. The number of carbonyl (C=O) groups excluding carboxylic acids is 2. The molecule has 2 aromatic rings. The summed E-state index contributed by atoms with van der Waals surface area (Å²) < 4.78 is 5.69. The zero-order chi connectivity index (χ0) is 24.1. The number of aryl methyl sites for hydroxylation is 2. The van der Waals surface area contributed by atoms with Crippen LogP contribution >= 0.6 is 0 Å². The van der Waals surface area contributed by atoms with Crippen LogP contribution in [0.25, 0.3) is 5.76 Å². The number of hydrogen-bond acceptors (Lipinski definition) is 5. The minimum atomic E-state index is -0.645. The number of carbonyl (C=O) groups is 2. The van der Waals surface area contributed by atoms with Gasteiger partial charge in [-0.25, -0.2) is 0 Å². The maximum atomic E-state index is 13.2. The Morgan fingerprint density at radius 3 is 2.39 bits per heavy atom. The third kappa shape index (κ3) is 5.45. The molecule has 2 aromatic carbocycles. The number of hydrogen-bond donors (Lipinski definition) is 1. The smallest absolute Gasteiger partial charge is 0.295 e. The van der Waals surface area contributed by atoms with Gasteiger partial charge >= 0.3 is 0 Å². The molecule has 1 unspecified atom stereocenters. The van der Waals surface area contributed by atoms with Gasteiger partial charge in [0.1, 0.15) is 11.5 Å². The Bertz CT molecular complexity index is 1040. The first-order valence-electron chi connectivity index (χ1n) is 11.5. The van der Waals surface area contributed by atoms with Crippen molar-refractivity contribution in [3.05, 3.63) is 70.3 Å². The molecule has 1 saturated heterocycles. The molecular weight excluding hydrogens is 416 g/mol. The number of rotatable bonds is 9. The van der Waals surface area contributed by atoms with Gasteiger partial charge < -0.3 is 19.6 Å². The lowest BCUT2D eigenvalue weighted by Crippen LogP contribution is -2.32. The molecule has 6 heteroatoms. The van der Waals surface area contributed by atoms with Gasteiger partial charge in [0.25, 0.3) is 11.7 Å². The summed E-state index contributed by atoms with van der Waals surface area (Å²) in [5.74, 6) is -0.645. The van der Waals surface area contributed by atoms with E-state index in [1.807, 2.05) is 70.1 Å². The summed E-state index contributed by atoms with van der Waals surface area (Å²) in [5.41, 5.74) is 3.34. The fourth-order valence-corrected chi connectivity index (χ4v) is 4.12. The SMILES string of the molecule is CCCOc1ccc(C(O)=C2C(=O)C(=O)N(CCCN(C)C)C2c2ccc(C)cc2)c(C)c1. The topological polar surface area (TPSA) is 70.1 Å². The molecule has 1 heterocycles. The van der Waals surface area contributed by atoms with E-state index < -0.39 is 17.7 Å². The second kappa shape index (κ2) is 10.7. The first kappa shape index (κ1) is 24.5. The van der Waals surface area contributed by atoms with E-state index >= 15 is 0 Å². The van der Waals surface area contributed by atoms with Crippen LogP contribution in [0.1, 0.15) is 48.1 Å². The molecule has 0 bridgehead atoms.